The lowest BCUT2D eigenvalue weighted by Crippen LogP contribution is -2.17. The van der Waals surface area contributed by atoms with Gasteiger partial charge in [-0.1, -0.05) is 77.8 Å². The number of unbranched alkanes of at least 4 members (excludes halogenated alkanes) is 1. The molecule has 264 valence electrons. The summed E-state index contributed by atoms with van der Waals surface area (Å²) >= 11 is 0. The van der Waals surface area contributed by atoms with Gasteiger partial charge < -0.3 is 4.74 Å². The van der Waals surface area contributed by atoms with E-state index in [0.717, 1.165) is 65.4 Å². The second-order valence-electron chi connectivity index (χ2n) is 15.6. The van der Waals surface area contributed by atoms with Gasteiger partial charge in [0.05, 0.1) is 22.4 Å². The highest BCUT2D eigenvalue weighted by molar-refractivity contribution is 6.09. The zero-order chi connectivity index (χ0) is 35.8. The van der Waals surface area contributed by atoms with Crippen LogP contribution in [0.15, 0.2) is 90.6 Å². The maximum Gasteiger partial charge on any atom is 0.137 e. The molecule has 3 aromatic carbocycles. The van der Waals surface area contributed by atoms with E-state index in [2.05, 4.69) is 144 Å². The molecule has 0 aliphatic heterocycles. The Morgan fingerprint density at radius 2 is 1.69 bits per heavy atom. The van der Waals surface area contributed by atoms with E-state index in [1.807, 2.05) is 6.20 Å². The monoisotopic (exact) mass is 678 g/mol. The number of hydrogen-bond donors (Lipinski definition) is 0. The maximum atomic E-state index is 6.83. The Morgan fingerprint density at radius 1 is 0.882 bits per heavy atom. The number of pyridine rings is 1. The molecule has 0 radical (unpaired) electrons. The number of benzene rings is 3. The minimum atomic E-state index is 0.334. The Labute approximate surface area is 304 Å². The topological polar surface area (TPSA) is 44.9 Å². The second-order valence-corrected chi connectivity index (χ2v) is 15.6. The predicted molar refractivity (Wildman–Crippen MR) is 213 cm³/mol. The van der Waals surface area contributed by atoms with E-state index in [1.54, 1.807) is 0 Å². The van der Waals surface area contributed by atoms with Crippen LogP contribution in [-0.4, -0.2) is 19.3 Å². The Morgan fingerprint density at radius 3 is 2.45 bits per heavy atom. The standard InChI is InChI=1S/C46H54N4O/c1-9-10-17-42-46(45-31(6)14-13-15-32(45)7)33(8)48-50(42)36-25-35(30(4)5)26-38(27-36)51-37-19-20-40-39-16-11-12-18-41(39)49(43(40)28-37)44-24-34(21-22-47-44)23-29(2)3/h11-12,14,16,18-22,24-30,32,45H,9-10,13,15,17,23H2,1-8H3/t32?,45-/m0/s1. The van der Waals surface area contributed by atoms with Gasteiger partial charge in [-0.2, -0.15) is 5.10 Å². The third kappa shape index (κ3) is 6.88. The molecule has 0 amide bonds. The number of ether oxygens (including phenoxy) is 1. The highest BCUT2D eigenvalue weighted by atomic mass is 16.5. The van der Waals surface area contributed by atoms with Gasteiger partial charge in [0.2, 0.25) is 0 Å². The van der Waals surface area contributed by atoms with Crippen LogP contribution in [0.25, 0.3) is 33.3 Å². The molecule has 51 heavy (non-hydrogen) atoms. The van der Waals surface area contributed by atoms with Crippen molar-refractivity contribution in [3.8, 4) is 23.0 Å². The zero-order valence-corrected chi connectivity index (χ0v) is 31.8. The molecule has 7 rings (SSSR count). The average molecular weight is 679 g/mol. The molecule has 5 heteroatoms. The largest absolute Gasteiger partial charge is 0.457 e. The van der Waals surface area contributed by atoms with Crippen LogP contribution < -0.4 is 4.74 Å². The molecule has 0 fully saturated rings. The summed E-state index contributed by atoms with van der Waals surface area (Å²) in [6.45, 7) is 18.3. The summed E-state index contributed by atoms with van der Waals surface area (Å²) in [7, 11) is 0. The van der Waals surface area contributed by atoms with Crippen molar-refractivity contribution in [3.63, 3.8) is 0 Å². The van der Waals surface area contributed by atoms with Crippen molar-refractivity contribution in [2.45, 2.75) is 106 Å². The first-order chi connectivity index (χ1) is 24.6. The van der Waals surface area contributed by atoms with Gasteiger partial charge in [0.25, 0.3) is 0 Å². The summed E-state index contributed by atoms with van der Waals surface area (Å²) in [5.41, 5.74) is 11.3. The first kappa shape index (κ1) is 34.8. The molecule has 1 aliphatic carbocycles. The van der Waals surface area contributed by atoms with Crippen LogP contribution >= 0.6 is 0 Å². The number of hydrogen-bond acceptors (Lipinski definition) is 3. The summed E-state index contributed by atoms with van der Waals surface area (Å²) in [6, 6.07) is 26.1. The van der Waals surface area contributed by atoms with E-state index < -0.39 is 0 Å². The lowest BCUT2D eigenvalue weighted by molar-refractivity contribution is 0.446. The number of aromatic nitrogens is 4. The van der Waals surface area contributed by atoms with E-state index >= 15 is 0 Å². The van der Waals surface area contributed by atoms with Gasteiger partial charge in [0, 0.05) is 46.3 Å². The zero-order valence-electron chi connectivity index (χ0n) is 31.8. The maximum absolute atomic E-state index is 6.83. The molecule has 0 saturated carbocycles. The normalized spacial score (nSPS) is 16.5. The van der Waals surface area contributed by atoms with Crippen LogP contribution in [0.2, 0.25) is 0 Å². The third-order valence-electron chi connectivity index (χ3n) is 10.8. The number of nitrogens with zero attached hydrogens (tertiary/aromatic N) is 4. The average Bonchev–Trinajstić information content (AvgIpc) is 3.60. The fraction of sp³-hybridized carbons (Fsp3) is 0.391. The van der Waals surface area contributed by atoms with Crippen molar-refractivity contribution < 1.29 is 4.74 Å². The van der Waals surface area contributed by atoms with Gasteiger partial charge in [0.15, 0.2) is 0 Å². The minimum Gasteiger partial charge on any atom is -0.457 e. The molecule has 0 bridgehead atoms. The van der Waals surface area contributed by atoms with E-state index in [-0.39, 0.29) is 0 Å². The summed E-state index contributed by atoms with van der Waals surface area (Å²) in [5.74, 6) is 4.49. The van der Waals surface area contributed by atoms with Crippen LogP contribution in [0.5, 0.6) is 11.5 Å². The first-order valence-corrected chi connectivity index (χ1v) is 19.2. The molecular formula is C46H54N4O. The fourth-order valence-electron chi connectivity index (χ4n) is 8.32. The first-order valence-electron chi connectivity index (χ1n) is 19.2. The van der Waals surface area contributed by atoms with Gasteiger partial charge in [-0.3, -0.25) is 4.57 Å². The van der Waals surface area contributed by atoms with Crippen LogP contribution in [0.1, 0.15) is 114 Å². The number of allylic oxidation sites excluding steroid dienone is 2. The molecule has 1 aliphatic rings. The molecule has 0 N–H and O–H groups in total. The Kier molecular flexibility index (Phi) is 9.92. The number of fused-ring (bicyclic) bond motifs is 3. The molecule has 3 aromatic heterocycles. The smallest absolute Gasteiger partial charge is 0.137 e. The van der Waals surface area contributed by atoms with Gasteiger partial charge >= 0.3 is 0 Å². The molecule has 1 unspecified atom stereocenters. The third-order valence-corrected chi connectivity index (χ3v) is 10.8. The summed E-state index contributed by atoms with van der Waals surface area (Å²) in [4.78, 5) is 4.87. The van der Waals surface area contributed by atoms with Crippen LogP contribution in [0.3, 0.4) is 0 Å². The van der Waals surface area contributed by atoms with Crippen molar-refractivity contribution in [3.05, 3.63) is 119 Å². The lowest BCUT2D eigenvalue weighted by atomic mass is 9.75. The van der Waals surface area contributed by atoms with E-state index in [9.17, 15) is 0 Å². The molecule has 3 heterocycles. The van der Waals surface area contributed by atoms with Gasteiger partial charge in [0.1, 0.15) is 17.3 Å². The van der Waals surface area contributed by atoms with Crippen LogP contribution in [0, 0.1) is 18.8 Å². The second kappa shape index (κ2) is 14.5. The molecule has 0 saturated heterocycles. The number of rotatable bonds is 11. The molecule has 6 aromatic rings. The Bertz CT molecular complexity index is 2210. The molecule has 2 atom stereocenters. The van der Waals surface area contributed by atoms with Crippen molar-refractivity contribution >= 4 is 21.8 Å². The summed E-state index contributed by atoms with van der Waals surface area (Å²) in [6.07, 6.45) is 11.1. The summed E-state index contributed by atoms with van der Waals surface area (Å²) in [5, 5.41) is 7.68. The SMILES string of the molecule is CCCCc1c([C@H]2C(C)=CCCC2C)c(C)nn1-c1cc(Oc2ccc3c4ccccc4n(-c4cc(CC(C)C)ccn4)c3c2)cc(C(C)C)c1. The highest BCUT2D eigenvalue weighted by Crippen LogP contribution is 2.43. The minimum absolute atomic E-state index is 0.334. The van der Waals surface area contributed by atoms with Crippen LogP contribution in [0.4, 0.5) is 0 Å². The van der Waals surface area contributed by atoms with E-state index in [1.165, 1.54) is 51.6 Å². The van der Waals surface area contributed by atoms with Crippen molar-refractivity contribution in [1.82, 2.24) is 19.3 Å². The Hall–Kier alpha value is -4.64. The predicted octanol–water partition coefficient (Wildman–Crippen LogP) is 12.6. The molecule has 0 spiro atoms. The van der Waals surface area contributed by atoms with Crippen molar-refractivity contribution in [1.29, 1.82) is 0 Å². The van der Waals surface area contributed by atoms with Gasteiger partial charge in [-0.15, -0.1) is 0 Å². The quantitative estimate of drug-likeness (QED) is 0.128. The van der Waals surface area contributed by atoms with Crippen LogP contribution in [-0.2, 0) is 12.8 Å². The molecular weight excluding hydrogens is 625 g/mol. The summed E-state index contributed by atoms with van der Waals surface area (Å²) < 4.78 is 11.4. The van der Waals surface area contributed by atoms with Gasteiger partial charge in [-0.05, 0) is 117 Å². The van der Waals surface area contributed by atoms with Crippen molar-refractivity contribution in [2.75, 3.05) is 0 Å². The van der Waals surface area contributed by atoms with Gasteiger partial charge in [-0.25, -0.2) is 9.67 Å². The number of aryl methyl sites for hydroxylation is 1. The van der Waals surface area contributed by atoms with E-state index in [0.29, 0.717) is 23.7 Å². The number of para-hydroxylation sites is 1. The van der Waals surface area contributed by atoms with E-state index in [4.69, 9.17) is 14.8 Å². The highest BCUT2D eigenvalue weighted by Gasteiger charge is 2.31. The molecule has 5 nitrogen and oxygen atoms in total. The van der Waals surface area contributed by atoms with Crippen molar-refractivity contribution in [2.24, 2.45) is 11.8 Å². The Balaban J connectivity index is 1.33. The fourth-order valence-corrected chi connectivity index (χ4v) is 8.32. The lowest BCUT2D eigenvalue weighted by Gasteiger charge is -2.30.